The largest absolute Gasteiger partial charge is 0.467 e. The second kappa shape index (κ2) is 9.03. The van der Waals surface area contributed by atoms with Gasteiger partial charge in [0.15, 0.2) is 11.8 Å². The first-order valence-electron chi connectivity index (χ1n) is 10.5. The Morgan fingerprint density at radius 2 is 1.73 bits per heavy atom. The summed E-state index contributed by atoms with van der Waals surface area (Å²) in [5, 5.41) is 3.12. The second-order valence-corrected chi connectivity index (χ2v) is 7.58. The summed E-state index contributed by atoms with van der Waals surface area (Å²) in [4.78, 5) is 28.3. The van der Waals surface area contributed by atoms with Crippen molar-refractivity contribution in [2.75, 3.05) is 4.90 Å². The maximum Gasteiger partial charge on any atom is 0.295 e. The van der Waals surface area contributed by atoms with E-state index in [2.05, 4.69) is 12.2 Å². The van der Waals surface area contributed by atoms with Crippen LogP contribution in [-0.2, 0) is 11.2 Å². The van der Waals surface area contributed by atoms with Crippen LogP contribution in [0.2, 0.25) is 0 Å². The summed E-state index contributed by atoms with van der Waals surface area (Å²) >= 11 is 0. The zero-order valence-electron chi connectivity index (χ0n) is 17.0. The molecule has 2 amide bonds. The highest BCUT2D eigenvalue weighted by molar-refractivity contribution is 6.08. The van der Waals surface area contributed by atoms with Crippen LogP contribution in [0.4, 0.5) is 5.69 Å². The number of amides is 2. The summed E-state index contributed by atoms with van der Waals surface area (Å²) in [6.45, 7) is 2.07. The summed E-state index contributed by atoms with van der Waals surface area (Å²) in [7, 11) is 0. The number of furan rings is 2. The average molecular weight is 406 g/mol. The van der Waals surface area contributed by atoms with Gasteiger partial charge in [-0.3, -0.25) is 14.5 Å². The Labute approximate surface area is 175 Å². The van der Waals surface area contributed by atoms with Gasteiger partial charge in [0.1, 0.15) is 5.76 Å². The van der Waals surface area contributed by atoms with Crippen LogP contribution in [0.25, 0.3) is 0 Å². The third kappa shape index (κ3) is 4.17. The third-order valence-corrected chi connectivity index (χ3v) is 5.59. The molecular formula is C24H26N2O4. The minimum atomic E-state index is -0.939. The fraction of sp³-hybridized carbons (Fsp3) is 0.333. The molecule has 0 radical (unpaired) electrons. The lowest BCUT2D eigenvalue weighted by Crippen LogP contribution is -2.46. The molecule has 6 heteroatoms. The fourth-order valence-corrected chi connectivity index (χ4v) is 3.97. The maximum absolute atomic E-state index is 13.4. The Kier molecular flexibility index (Phi) is 6.02. The zero-order chi connectivity index (χ0) is 20.9. The SMILES string of the molecule is CCc1ccc(N(C(=O)c2ccco2)[C@@H](C(=O)NC2CCCC2)c2ccco2)cc1. The number of nitrogens with zero attached hydrogens (tertiary/aromatic N) is 1. The monoisotopic (exact) mass is 406 g/mol. The molecule has 4 rings (SSSR count). The highest BCUT2D eigenvalue weighted by Crippen LogP contribution is 2.31. The predicted octanol–water partition coefficient (Wildman–Crippen LogP) is 4.88. The fourth-order valence-electron chi connectivity index (χ4n) is 3.97. The lowest BCUT2D eigenvalue weighted by Gasteiger charge is -2.30. The van der Waals surface area contributed by atoms with Gasteiger partial charge in [-0.25, -0.2) is 0 Å². The Hall–Kier alpha value is -3.28. The van der Waals surface area contributed by atoms with Crippen LogP contribution in [0.5, 0.6) is 0 Å². The molecule has 1 aliphatic carbocycles. The molecule has 1 fully saturated rings. The Morgan fingerprint density at radius 3 is 2.33 bits per heavy atom. The molecule has 1 aliphatic rings. The van der Waals surface area contributed by atoms with Gasteiger partial charge in [0.2, 0.25) is 0 Å². The van der Waals surface area contributed by atoms with Crippen molar-refractivity contribution in [2.24, 2.45) is 0 Å². The van der Waals surface area contributed by atoms with Crippen molar-refractivity contribution < 1.29 is 18.4 Å². The number of carbonyl (C=O) groups is 2. The number of rotatable bonds is 7. The van der Waals surface area contributed by atoms with Gasteiger partial charge < -0.3 is 14.2 Å². The van der Waals surface area contributed by atoms with Gasteiger partial charge in [0, 0.05) is 11.7 Å². The first-order valence-corrected chi connectivity index (χ1v) is 10.5. The molecule has 1 aromatic carbocycles. The minimum absolute atomic E-state index is 0.123. The van der Waals surface area contributed by atoms with Gasteiger partial charge >= 0.3 is 0 Å². The van der Waals surface area contributed by atoms with Crippen LogP contribution in [0.15, 0.2) is 69.9 Å². The zero-order valence-corrected chi connectivity index (χ0v) is 17.0. The van der Waals surface area contributed by atoms with Crippen molar-refractivity contribution in [3.8, 4) is 0 Å². The number of nitrogens with one attached hydrogen (secondary N) is 1. The van der Waals surface area contributed by atoms with Crippen LogP contribution in [0.1, 0.15) is 60.5 Å². The Morgan fingerprint density at radius 1 is 1.03 bits per heavy atom. The van der Waals surface area contributed by atoms with Crippen molar-refractivity contribution in [3.63, 3.8) is 0 Å². The summed E-state index contributed by atoms with van der Waals surface area (Å²) in [6, 6.07) is 13.5. The smallest absolute Gasteiger partial charge is 0.295 e. The summed E-state index contributed by atoms with van der Waals surface area (Å²) < 4.78 is 11.0. The van der Waals surface area contributed by atoms with Gasteiger partial charge in [-0.2, -0.15) is 0 Å². The van der Waals surface area contributed by atoms with Crippen LogP contribution < -0.4 is 10.2 Å². The number of benzene rings is 1. The van der Waals surface area contributed by atoms with E-state index < -0.39 is 11.9 Å². The lowest BCUT2D eigenvalue weighted by atomic mass is 10.1. The van der Waals surface area contributed by atoms with E-state index >= 15 is 0 Å². The van der Waals surface area contributed by atoms with E-state index in [0.717, 1.165) is 37.7 Å². The standard InChI is InChI=1S/C24H26N2O4/c1-2-17-11-13-19(14-12-17)26(24(28)21-10-6-16-30-21)22(20-9-5-15-29-20)23(27)25-18-7-3-4-8-18/h5-6,9-16,18,22H,2-4,7-8H2,1H3,(H,25,27)/t22-/m1/s1. The minimum Gasteiger partial charge on any atom is -0.467 e. The average Bonchev–Trinajstić information content (AvgIpc) is 3.55. The normalized spacial score (nSPS) is 15.1. The second-order valence-electron chi connectivity index (χ2n) is 7.58. The Bertz CT molecular complexity index is 955. The van der Waals surface area contributed by atoms with Gasteiger partial charge in [-0.1, -0.05) is 31.9 Å². The van der Waals surface area contributed by atoms with Crippen LogP contribution in [0, 0.1) is 0 Å². The number of hydrogen-bond donors (Lipinski definition) is 1. The summed E-state index contributed by atoms with van der Waals surface area (Å²) in [5.74, 6) is -0.0756. The van der Waals surface area contributed by atoms with Crippen molar-refractivity contribution in [1.29, 1.82) is 0 Å². The van der Waals surface area contributed by atoms with Gasteiger partial charge in [0.05, 0.1) is 12.5 Å². The van der Waals surface area contributed by atoms with Crippen LogP contribution >= 0.6 is 0 Å². The molecule has 1 N–H and O–H groups in total. The lowest BCUT2D eigenvalue weighted by molar-refractivity contribution is -0.123. The first-order chi connectivity index (χ1) is 14.7. The highest BCUT2D eigenvalue weighted by atomic mass is 16.3. The number of anilines is 1. The van der Waals surface area contributed by atoms with Gasteiger partial charge in [-0.05, 0) is 61.2 Å². The molecule has 2 heterocycles. The maximum atomic E-state index is 13.4. The number of carbonyl (C=O) groups excluding carboxylic acids is 2. The van der Waals surface area contributed by atoms with Crippen LogP contribution in [0.3, 0.4) is 0 Å². The van der Waals surface area contributed by atoms with Crippen molar-refractivity contribution in [1.82, 2.24) is 5.32 Å². The molecule has 3 aromatic rings. The molecular weight excluding hydrogens is 380 g/mol. The van der Waals surface area contributed by atoms with E-state index in [0.29, 0.717) is 11.4 Å². The quantitative estimate of drug-likeness (QED) is 0.607. The van der Waals surface area contributed by atoms with E-state index in [-0.39, 0.29) is 17.7 Å². The first kappa shape index (κ1) is 20.0. The highest BCUT2D eigenvalue weighted by Gasteiger charge is 2.37. The topological polar surface area (TPSA) is 75.7 Å². The van der Waals surface area contributed by atoms with E-state index in [9.17, 15) is 9.59 Å². The predicted molar refractivity (Wildman–Crippen MR) is 113 cm³/mol. The molecule has 156 valence electrons. The molecule has 0 aliphatic heterocycles. The van der Waals surface area contributed by atoms with E-state index in [1.165, 1.54) is 17.4 Å². The van der Waals surface area contributed by atoms with E-state index in [4.69, 9.17) is 8.83 Å². The van der Waals surface area contributed by atoms with Gasteiger partial charge in [-0.15, -0.1) is 0 Å². The molecule has 6 nitrogen and oxygen atoms in total. The summed E-state index contributed by atoms with van der Waals surface area (Å²) in [6.07, 6.45) is 7.96. The molecule has 2 aromatic heterocycles. The molecule has 30 heavy (non-hydrogen) atoms. The van der Waals surface area contributed by atoms with Crippen molar-refractivity contribution in [3.05, 3.63) is 78.1 Å². The molecule has 1 atom stereocenters. The molecule has 0 saturated heterocycles. The molecule has 1 saturated carbocycles. The van der Waals surface area contributed by atoms with Gasteiger partial charge in [0.25, 0.3) is 11.8 Å². The number of aryl methyl sites for hydroxylation is 1. The van der Waals surface area contributed by atoms with Crippen molar-refractivity contribution >= 4 is 17.5 Å². The van der Waals surface area contributed by atoms with E-state index in [1.807, 2.05) is 24.3 Å². The Balaban J connectivity index is 1.75. The van der Waals surface area contributed by atoms with Crippen molar-refractivity contribution in [2.45, 2.75) is 51.1 Å². The molecule has 0 bridgehead atoms. The third-order valence-electron chi connectivity index (χ3n) is 5.59. The van der Waals surface area contributed by atoms with E-state index in [1.54, 1.807) is 24.3 Å². The summed E-state index contributed by atoms with van der Waals surface area (Å²) in [5.41, 5.74) is 1.76. The molecule has 0 unspecified atom stereocenters. The molecule has 0 spiro atoms. The van der Waals surface area contributed by atoms with Crippen LogP contribution in [-0.4, -0.2) is 17.9 Å². The number of hydrogen-bond acceptors (Lipinski definition) is 4.